The zero-order chi connectivity index (χ0) is 22.6. The van der Waals surface area contributed by atoms with Crippen molar-refractivity contribution < 1.29 is 9.53 Å². The van der Waals surface area contributed by atoms with E-state index in [2.05, 4.69) is 51.4 Å². The van der Waals surface area contributed by atoms with Crippen LogP contribution in [0.3, 0.4) is 0 Å². The topological polar surface area (TPSA) is 69.7 Å². The Hall–Kier alpha value is -2.64. The Morgan fingerprint density at radius 1 is 1.12 bits per heavy atom. The van der Waals surface area contributed by atoms with Crippen LogP contribution in [0, 0.1) is 0 Å². The summed E-state index contributed by atoms with van der Waals surface area (Å²) in [6.07, 6.45) is 6.65. The first-order chi connectivity index (χ1) is 15.7. The molecule has 0 atom stereocenters. The number of anilines is 1. The van der Waals surface area contributed by atoms with Gasteiger partial charge in [0, 0.05) is 44.6 Å². The summed E-state index contributed by atoms with van der Waals surface area (Å²) in [5.74, 6) is 0.709. The number of likely N-dealkylation sites (tertiary alicyclic amines) is 1. The molecule has 0 saturated carbocycles. The minimum Gasteiger partial charge on any atom is -0.490 e. The number of carbonyl (C=O) groups is 1. The zero-order valence-corrected chi connectivity index (χ0v) is 19.4. The van der Waals surface area contributed by atoms with Crippen molar-refractivity contribution in [3.05, 3.63) is 54.4 Å². The molecule has 1 saturated heterocycles. The van der Waals surface area contributed by atoms with E-state index in [9.17, 15) is 4.79 Å². The Morgan fingerprint density at radius 3 is 2.56 bits per heavy atom. The fraction of sp³-hybridized carbons (Fsp3) is 0.520. The maximum Gasteiger partial charge on any atom is 0.319 e. The number of ether oxygens (including phenoxy) is 1. The monoisotopic (exact) mass is 439 g/mol. The predicted molar refractivity (Wildman–Crippen MR) is 129 cm³/mol. The third-order valence-electron chi connectivity index (χ3n) is 6.08. The minimum atomic E-state index is -0.167. The van der Waals surface area contributed by atoms with Gasteiger partial charge in [0.2, 0.25) is 0 Å². The molecule has 1 fully saturated rings. The number of carbonyl (C=O) groups excluding carboxylic acids is 1. The Bertz CT molecular complexity index is 805. The van der Waals surface area contributed by atoms with E-state index in [1.54, 1.807) is 0 Å². The van der Waals surface area contributed by atoms with Crippen molar-refractivity contribution in [3.63, 3.8) is 0 Å². The van der Waals surface area contributed by atoms with Crippen molar-refractivity contribution in [1.82, 2.24) is 20.1 Å². The Balaban J connectivity index is 1.39. The average Bonchev–Trinajstić information content (AvgIpc) is 2.83. The number of likely N-dealkylation sites (N-methyl/N-ethyl adjacent to an activating group) is 1. The first-order valence-corrected chi connectivity index (χ1v) is 11.8. The third kappa shape index (κ3) is 7.80. The van der Waals surface area contributed by atoms with Gasteiger partial charge in [-0.1, -0.05) is 26.0 Å². The van der Waals surface area contributed by atoms with E-state index >= 15 is 0 Å². The standard InChI is InChI=1S/C25H37N5O2/c1-3-29(4-2)19-20-32-24-8-6-5-7-23(24)28-25(31)27-22-12-17-30(18-13-22)16-11-21-9-14-26-15-10-21/h5-10,14-15,22H,3-4,11-13,16-20H2,1-2H3,(H2,27,28,31). The highest BCUT2D eigenvalue weighted by Crippen LogP contribution is 2.23. The second-order valence-corrected chi connectivity index (χ2v) is 8.19. The lowest BCUT2D eigenvalue weighted by atomic mass is 10.0. The second kappa shape index (κ2) is 13.0. The molecule has 2 heterocycles. The average molecular weight is 440 g/mol. The van der Waals surface area contributed by atoms with Gasteiger partial charge >= 0.3 is 6.03 Å². The SMILES string of the molecule is CCN(CC)CCOc1ccccc1NC(=O)NC1CCN(CCc2ccncc2)CC1. The van der Waals surface area contributed by atoms with Crippen LogP contribution in [0.25, 0.3) is 0 Å². The van der Waals surface area contributed by atoms with Crippen LogP contribution in [0.4, 0.5) is 10.5 Å². The maximum atomic E-state index is 12.6. The van der Waals surface area contributed by atoms with Crippen molar-refractivity contribution in [1.29, 1.82) is 0 Å². The van der Waals surface area contributed by atoms with Gasteiger partial charge in [0.15, 0.2) is 0 Å². The first kappa shape index (κ1) is 24.0. The number of aromatic nitrogens is 1. The molecule has 2 amide bonds. The normalized spacial score (nSPS) is 15.0. The molecule has 174 valence electrons. The fourth-order valence-corrected chi connectivity index (χ4v) is 4.00. The van der Waals surface area contributed by atoms with Gasteiger partial charge in [0.05, 0.1) is 5.69 Å². The molecule has 1 aliphatic heterocycles. The summed E-state index contributed by atoms with van der Waals surface area (Å²) in [5.41, 5.74) is 2.02. The van der Waals surface area contributed by atoms with Gasteiger partial charge in [-0.05, 0) is 62.2 Å². The molecular weight excluding hydrogens is 402 g/mol. The Kier molecular flexibility index (Phi) is 9.78. The van der Waals surface area contributed by atoms with E-state index in [1.807, 2.05) is 36.7 Å². The maximum absolute atomic E-state index is 12.6. The molecule has 0 unspecified atom stereocenters. The van der Waals surface area contributed by atoms with Gasteiger partial charge in [-0.2, -0.15) is 0 Å². The minimum absolute atomic E-state index is 0.167. The van der Waals surface area contributed by atoms with Gasteiger partial charge in [0.1, 0.15) is 12.4 Å². The molecule has 0 bridgehead atoms. The molecule has 7 heteroatoms. The zero-order valence-electron chi connectivity index (χ0n) is 19.4. The lowest BCUT2D eigenvalue weighted by molar-refractivity contribution is 0.197. The summed E-state index contributed by atoms with van der Waals surface area (Å²) in [6.45, 7) is 10.8. The molecule has 7 nitrogen and oxygen atoms in total. The van der Waals surface area contributed by atoms with Crippen LogP contribution in [0.2, 0.25) is 0 Å². The number of urea groups is 1. The predicted octanol–water partition coefficient (Wildman–Crippen LogP) is 3.63. The smallest absolute Gasteiger partial charge is 0.319 e. The number of hydrogen-bond acceptors (Lipinski definition) is 5. The first-order valence-electron chi connectivity index (χ1n) is 11.8. The molecule has 0 radical (unpaired) electrons. The van der Waals surface area contributed by atoms with Crippen LogP contribution in [0.1, 0.15) is 32.3 Å². The molecule has 3 rings (SSSR count). The molecule has 1 aromatic heterocycles. The van der Waals surface area contributed by atoms with Gasteiger partial charge < -0.3 is 25.2 Å². The molecular formula is C25H37N5O2. The quantitative estimate of drug-likeness (QED) is 0.560. The summed E-state index contributed by atoms with van der Waals surface area (Å²) in [7, 11) is 0. The third-order valence-corrected chi connectivity index (χ3v) is 6.08. The number of pyridine rings is 1. The van der Waals surface area contributed by atoms with Crippen molar-refractivity contribution in [2.75, 3.05) is 51.2 Å². The van der Waals surface area contributed by atoms with E-state index in [0.29, 0.717) is 18.0 Å². The molecule has 2 aromatic rings. The van der Waals surface area contributed by atoms with Gasteiger partial charge in [-0.15, -0.1) is 0 Å². The number of nitrogens with one attached hydrogen (secondary N) is 2. The van der Waals surface area contributed by atoms with Crippen LogP contribution in [-0.4, -0.2) is 72.7 Å². The van der Waals surface area contributed by atoms with Gasteiger partial charge in [0.25, 0.3) is 0 Å². The number of piperidine rings is 1. The molecule has 1 aromatic carbocycles. The molecule has 0 spiro atoms. The lowest BCUT2D eigenvalue weighted by Gasteiger charge is -2.32. The highest BCUT2D eigenvalue weighted by Gasteiger charge is 2.21. The van der Waals surface area contributed by atoms with Gasteiger partial charge in [-0.3, -0.25) is 4.98 Å². The number of para-hydroxylation sites is 2. The van der Waals surface area contributed by atoms with Crippen LogP contribution >= 0.6 is 0 Å². The van der Waals surface area contributed by atoms with E-state index in [-0.39, 0.29) is 12.1 Å². The van der Waals surface area contributed by atoms with E-state index in [4.69, 9.17) is 4.74 Å². The molecule has 0 aliphatic carbocycles. The fourth-order valence-electron chi connectivity index (χ4n) is 4.00. The number of benzene rings is 1. The van der Waals surface area contributed by atoms with E-state index < -0.39 is 0 Å². The van der Waals surface area contributed by atoms with Crippen molar-refractivity contribution in [2.24, 2.45) is 0 Å². The summed E-state index contributed by atoms with van der Waals surface area (Å²) < 4.78 is 5.94. The largest absolute Gasteiger partial charge is 0.490 e. The van der Waals surface area contributed by atoms with E-state index in [1.165, 1.54) is 5.56 Å². The van der Waals surface area contributed by atoms with Crippen molar-refractivity contribution in [2.45, 2.75) is 39.2 Å². The van der Waals surface area contributed by atoms with Crippen LogP contribution < -0.4 is 15.4 Å². The van der Waals surface area contributed by atoms with E-state index in [0.717, 1.165) is 58.5 Å². The number of nitrogens with zero attached hydrogens (tertiary/aromatic N) is 3. The van der Waals surface area contributed by atoms with Crippen LogP contribution in [0.15, 0.2) is 48.8 Å². The molecule has 1 aliphatic rings. The lowest BCUT2D eigenvalue weighted by Crippen LogP contribution is -2.46. The highest BCUT2D eigenvalue weighted by atomic mass is 16.5. The summed E-state index contributed by atoms with van der Waals surface area (Å²) >= 11 is 0. The van der Waals surface area contributed by atoms with Crippen molar-refractivity contribution >= 4 is 11.7 Å². The second-order valence-electron chi connectivity index (χ2n) is 8.19. The van der Waals surface area contributed by atoms with Gasteiger partial charge in [-0.25, -0.2) is 4.79 Å². The number of hydrogen-bond donors (Lipinski definition) is 2. The molecule has 2 N–H and O–H groups in total. The van der Waals surface area contributed by atoms with Crippen LogP contribution in [-0.2, 0) is 6.42 Å². The summed E-state index contributed by atoms with van der Waals surface area (Å²) in [4.78, 5) is 21.4. The molecule has 32 heavy (non-hydrogen) atoms. The summed E-state index contributed by atoms with van der Waals surface area (Å²) in [5, 5.41) is 6.11. The highest BCUT2D eigenvalue weighted by molar-refractivity contribution is 5.91. The van der Waals surface area contributed by atoms with Crippen molar-refractivity contribution in [3.8, 4) is 5.75 Å². The number of amides is 2. The summed E-state index contributed by atoms with van der Waals surface area (Å²) in [6, 6.07) is 11.8. The van der Waals surface area contributed by atoms with Crippen LogP contribution in [0.5, 0.6) is 5.75 Å². The number of rotatable bonds is 11. The Morgan fingerprint density at radius 2 is 1.84 bits per heavy atom. The Labute approximate surface area is 192 Å².